The second-order valence-electron chi connectivity index (χ2n) is 9.49. The van der Waals surface area contributed by atoms with Gasteiger partial charge in [0, 0.05) is 27.7 Å². The number of hydrogen-bond acceptors (Lipinski definition) is 5. The molecule has 2 aromatic heterocycles. The molecule has 41 heavy (non-hydrogen) atoms. The lowest BCUT2D eigenvalue weighted by Gasteiger charge is -2.21. The fourth-order valence-corrected chi connectivity index (χ4v) is 7.10. The van der Waals surface area contributed by atoms with E-state index >= 15 is 0 Å². The third kappa shape index (κ3) is 5.28. The maximum Gasteiger partial charge on any atom is 0.354 e. The lowest BCUT2D eigenvalue weighted by Crippen LogP contribution is -2.30. The number of nitrogens with zero attached hydrogens (tertiary/aromatic N) is 3. The van der Waals surface area contributed by atoms with Gasteiger partial charge in [0.05, 0.1) is 5.69 Å². The van der Waals surface area contributed by atoms with Gasteiger partial charge in [-0.05, 0) is 76.3 Å². The van der Waals surface area contributed by atoms with Crippen molar-refractivity contribution in [3.05, 3.63) is 112 Å². The van der Waals surface area contributed by atoms with Crippen LogP contribution in [-0.2, 0) is 27.8 Å². The maximum absolute atomic E-state index is 13.5. The standard InChI is InChI=1S/C31H26BrN3O5S/c1-3-23-17-25-20(2)16-27(31(37)38)33-30(25)34(23)18-21-12-14-22(15-13-21)24-8-4-6-10-28(24)35(19-36)41(39,40)29-11-7-5-9-26(29)32/h4-17,19H,3,18H2,1-2H3,(H,37,38). The van der Waals surface area contributed by atoms with Crippen LogP contribution in [0.15, 0.2) is 94.3 Å². The van der Waals surface area contributed by atoms with Crippen molar-refractivity contribution in [3.63, 3.8) is 0 Å². The van der Waals surface area contributed by atoms with Crippen molar-refractivity contribution in [3.8, 4) is 11.1 Å². The van der Waals surface area contributed by atoms with Crippen LogP contribution in [0.25, 0.3) is 22.2 Å². The summed E-state index contributed by atoms with van der Waals surface area (Å²) in [4.78, 5) is 28.2. The van der Waals surface area contributed by atoms with Crippen LogP contribution in [0.2, 0.25) is 0 Å². The first-order valence-electron chi connectivity index (χ1n) is 12.8. The Balaban J connectivity index is 1.52. The van der Waals surface area contributed by atoms with Gasteiger partial charge in [-0.15, -0.1) is 0 Å². The largest absolute Gasteiger partial charge is 0.477 e. The molecule has 0 aliphatic rings. The summed E-state index contributed by atoms with van der Waals surface area (Å²) in [6.45, 7) is 4.39. The van der Waals surface area contributed by atoms with Crippen LogP contribution in [0.3, 0.4) is 0 Å². The molecule has 3 aromatic carbocycles. The highest BCUT2D eigenvalue weighted by Crippen LogP contribution is 2.35. The van der Waals surface area contributed by atoms with Crippen LogP contribution in [0, 0.1) is 6.92 Å². The van der Waals surface area contributed by atoms with Gasteiger partial charge in [0.25, 0.3) is 10.0 Å². The number of halogens is 1. The van der Waals surface area contributed by atoms with E-state index < -0.39 is 16.0 Å². The molecular formula is C31H26BrN3O5S. The quantitative estimate of drug-likeness (QED) is 0.188. The molecule has 0 unspecified atom stereocenters. The second-order valence-corrected chi connectivity index (χ2v) is 12.1. The number of aromatic nitrogens is 2. The summed E-state index contributed by atoms with van der Waals surface area (Å²) in [5, 5.41) is 10.4. The van der Waals surface area contributed by atoms with Gasteiger partial charge in [0.1, 0.15) is 10.5 Å². The van der Waals surface area contributed by atoms with Crippen molar-refractivity contribution in [2.45, 2.75) is 31.7 Å². The Morgan fingerprint density at radius 1 is 1.02 bits per heavy atom. The molecule has 0 aliphatic carbocycles. The predicted octanol–water partition coefficient (Wildman–Crippen LogP) is 6.43. The lowest BCUT2D eigenvalue weighted by atomic mass is 10.0. The average Bonchev–Trinajstić information content (AvgIpc) is 3.32. The zero-order valence-corrected chi connectivity index (χ0v) is 24.7. The van der Waals surface area contributed by atoms with Gasteiger partial charge in [-0.2, -0.15) is 0 Å². The normalized spacial score (nSPS) is 11.5. The van der Waals surface area contributed by atoms with E-state index in [1.54, 1.807) is 48.5 Å². The van der Waals surface area contributed by atoms with Gasteiger partial charge in [0.2, 0.25) is 6.41 Å². The molecule has 0 spiro atoms. The Labute approximate surface area is 246 Å². The van der Waals surface area contributed by atoms with Crippen molar-refractivity contribution in [2.75, 3.05) is 4.31 Å². The molecular weight excluding hydrogens is 606 g/mol. The number of pyridine rings is 1. The first kappa shape index (κ1) is 28.3. The number of aromatic carboxylic acids is 1. The number of aryl methyl sites for hydroxylation is 2. The van der Waals surface area contributed by atoms with Crippen molar-refractivity contribution >= 4 is 55.1 Å². The Bertz CT molecular complexity index is 1900. The third-order valence-corrected chi connectivity index (χ3v) is 9.62. The van der Waals surface area contributed by atoms with Gasteiger partial charge >= 0.3 is 5.97 Å². The number of fused-ring (bicyclic) bond motifs is 1. The van der Waals surface area contributed by atoms with E-state index in [0.29, 0.717) is 28.6 Å². The molecule has 8 nitrogen and oxygen atoms in total. The molecule has 0 atom stereocenters. The molecule has 1 amide bonds. The third-order valence-electron chi connectivity index (χ3n) is 6.96. The van der Waals surface area contributed by atoms with E-state index in [1.165, 1.54) is 6.07 Å². The zero-order chi connectivity index (χ0) is 29.3. The molecule has 5 aromatic rings. The number of hydrogen-bond donors (Lipinski definition) is 1. The van der Waals surface area contributed by atoms with E-state index in [4.69, 9.17) is 0 Å². The Hall–Kier alpha value is -4.28. The van der Waals surface area contributed by atoms with Gasteiger partial charge in [-0.3, -0.25) is 4.79 Å². The highest BCUT2D eigenvalue weighted by atomic mass is 79.9. The monoisotopic (exact) mass is 631 g/mol. The number of anilines is 1. The fraction of sp³-hybridized carbons (Fsp3) is 0.129. The summed E-state index contributed by atoms with van der Waals surface area (Å²) in [5.41, 5.74) is 4.99. The highest BCUT2D eigenvalue weighted by Gasteiger charge is 2.28. The summed E-state index contributed by atoms with van der Waals surface area (Å²) < 4.78 is 30.1. The highest BCUT2D eigenvalue weighted by molar-refractivity contribution is 9.10. The topological polar surface area (TPSA) is 110 Å². The van der Waals surface area contributed by atoms with E-state index in [9.17, 15) is 23.1 Å². The Morgan fingerprint density at radius 3 is 2.37 bits per heavy atom. The maximum atomic E-state index is 13.5. The minimum Gasteiger partial charge on any atom is -0.477 e. The van der Waals surface area contributed by atoms with Crippen molar-refractivity contribution < 1.29 is 23.1 Å². The molecule has 2 heterocycles. The number of benzene rings is 3. The first-order chi connectivity index (χ1) is 19.6. The van der Waals surface area contributed by atoms with Gasteiger partial charge < -0.3 is 9.67 Å². The fourth-order valence-electron chi connectivity index (χ4n) is 4.89. The number of carboxylic acid groups (broad SMARTS) is 1. The molecule has 1 N–H and O–H groups in total. The first-order valence-corrected chi connectivity index (χ1v) is 15.0. The molecule has 0 saturated heterocycles. The Morgan fingerprint density at radius 2 is 1.71 bits per heavy atom. The average molecular weight is 633 g/mol. The lowest BCUT2D eigenvalue weighted by molar-refractivity contribution is -0.106. The van der Waals surface area contributed by atoms with Crippen LogP contribution < -0.4 is 4.31 Å². The molecule has 0 saturated carbocycles. The molecule has 5 rings (SSSR count). The molecule has 0 radical (unpaired) electrons. The number of amides is 1. The zero-order valence-electron chi connectivity index (χ0n) is 22.3. The number of para-hydroxylation sites is 1. The molecule has 0 aliphatic heterocycles. The number of rotatable bonds is 9. The van der Waals surface area contributed by atoms with Crippen LogP contribution in [0.5, 0.6) is 0 Å². The molecule has 10 heteroatoms. The minimum atomic E-state index is -4.18. The van der Waals surface area contributed by atoms with Gasteiger partial charge in [0.15, 0.2) is 5.69 Å². The summed E-state index contributed by atoms with van der Waals surface area (Å²) >= 11 is 3.28. The predicted molar refractivity (Wildman–Crippen MR) is 162 cm³/mol. The van der Waals surface area contributed by atoms with E-state index in [1.807, 2.05) is 48.7 Å². The van der Waals surface area contributed by atoms with E-state index in [-0.39, 0.29) is 16.3 Å². The van der Waals surface area contributed by atoms with Crippen LogP contribution in [-0.4, -0.2) is 35.5 Å². The number of carboxylic acids is 1. The summed E-state index contributed by atoms with van der Waals surface area (Å²) in [6.07, 6.45) is 1.06. The molecule has 0 bridgehead atoms. The summed E-state index contributed by atoms with van der Waals surface area (Å²) in [5.74, 6) is -1.07. The van der Waals surface area contributed by atoms with Crippen LogP contribution in [0.4, 0.5) is 5.69 Å². The Kier molecular flexibility index (Phi) is 7.79. The molecule has 208 valence electrons. The van der Waals surface area contributed by atoms with Gasteiger partial charge in [-0.1, -0.05) is 61.5 Å². The van der Waals surface area contributed by atoms with Crippen LogP contribution in [0.1, 0.15) is 34.2 Å². The van der Waals surface area contributed by atoms with Crippen LogP contribution >= 0.6 is 15.9 Å². The summed E-state index contributed by atoms with van der Waals surface area (Å²) in [7, 11) is -4.18. The van der Waals surface area contributed by atoms with Gasteiger partial charge in [-0.25, -0.2) is 22.5 Å². The number of sulfonamides is 1. The minimum absolute atomic E-state index is 0.00109. The summed E-state index contributed by atoms with van der Waals surface area (Å²) in [6, 6.07) is 24.4. The van der Waals surface area contributed by atoms with E-state index in [0.717, 1.165) is 38.5 Å². The van der Waals surface area contributed by atoms with Crippen molar-refractivity contribution in [2.24, 2.45) is 0 Å². The second kappa shape index (κ2) is 11.3. The number of carbonyl (C=O) groups excluding carboxylic acids is 1. The number of carbonyl (C=O) groups is 2. The molecule has 0 fully saturated rings. The van der Waals surface area contributed by atoms with E-state index in [2.05, 4.69) is 20.9 Å². The van der Waals surface area contributed by atoms with Crippen molar-refractivity contribution in [1.82, 2.24) is 9.55 Å². The smallest absolute Gasteiger partial charge is 0.354 e. The van der Waals surface area contributed by atoms with Crippen molar-refractivity contribution in [1.29, 1.82) is 0 Å². The SMILES string of the molecule is CCc1cc2c(C)cc(C(=O)O)nc2n1Cc1ccc(-c2ccccc2N(C=O)S(=O)(=O)c2ccccc2Br)cc1.